The SMILES string of the molecule is Nc1cc2c(nn1)CCN(C(=O)c1ccn(-c3cccc(F)c3)n1)C2. The number of benzene rings is 1. The van der Waals surface area contributed by atoms with E-state index in [0.29, 0.717) is 36.7 Å². The van der Waals surface area contributed by atoms with E-state index < -0.39 is 0 Å². The molecular formula is C17H15FN6O. The second-order valence-corrected chi connectivity index (χ2v) is 5.84. The highest BCUT2D eigenvalue weighted by Crippen LogP contribution is 2.19. The fourth-order valence-corrected chi connectivity index (χ4v) is 2.88. The Bertz CT molecular complexity index is 954. The van der Waals surface area contributed by atoms with Gasteiger partial charge >= 0.3 is 0 Å². The molecule has 0 unspecified atom stereocenters. The minimum Gasteiger partial charge on any atom is -0.382 e. The Morgan fingerprint density at radius 3 is 2.92 bits per heavy atom. The molecule has 0 atom stereocenters. The van der Waals surface area contributed by atoms with Crippen molar-refractivity contribution in [1.29, 1.82) is 0 Å². The molecule has 126 valence electrons. The molecule has 0 spiro atoms. The van der Waals surface area contributed by atoms with Crippen LogP contribution in [-0.4, -0.2) is 37.3 Å². The summed E-state index contributed by atoms with van der Waals surface area (Å²) in [5, 5.41) is 12.2. The third kappa shape index (κ3) is 2.93. The lowest BCUT2D eigenvalue weighted by molar-refractivity contribution is 0.0726. The molecule has 0 radical (unpaired) electrons. The van der Waals surface area contributed by atoms with Gasteiger partial charge in [0, 0.05) is 25.7 Å². The lowest BCUT2D eigenvalue weighted by atomic mass is 10.1. The van der Waals surface area contributed by atoms with Crippen molar-refractivity contribution in [2.45, 2.75) is 13.0 Å². The highest BCUT2D eigenvalue weighted by molar-refractivity contribution is 5.92. The summed E-state index contributed by atoms with van der Waals surface area (Å²) in [7, 11) is 0. The van der Waals surface area contributed by atoms with Crippen LogP contribution in [0.15, 0.2) is 42.6 Å². The van der Waals surface area contributed by atoms with Crippen LogP contribution in [-0.2, 0) is 13.0 Å². The molecule has 0 bridgehead atoms. The maximum absolute atomic E-state index is 13.3. The van der Waals surface area contributed by atoms with Crippen LogP contribution < -0.4 is 5.73 Å². The van der Waals surface area contributed by atoms with Crippen LogP contribution in [0.3, 0.4) is 0 Å². The smallest absolute Gasteiger partial charge is 0.274 e. The number of aromatic nitrogens is 4. The standard InChI is InChI=1S/C17H15FN6O/c18-12-2-1-3-13(9-12)24-7-5-15(22-24)17(25)23-6-4-14-11(10-23)8-16(19)21-20-14/h1-3,5,7-9H,4,6,10H2,(H2,19,21). The Labute approximate surface area is 142 Å². The fourth-order valence-electron chi connectivity index (χ4n) is 2.88. The number of nitrogens with zero attached hydrogens (tertiary/aromatic N) is 5. The Morgan fingerprint density at radius 1 is 1.20 bits per heavy atom. The van der Waals surface area contributed by atoms with Gasteiger partial charge in [0.2, 0.25) is 0 Å². The number of carbonyl (C=O) groups is 1. The van der Waals surface area contributed by atoms with Gasteiger partial charge in [0.15, 0.2) is 5.69 Å². The molecule has 25 heavy (non-hydrogen) atoms. The minimum atomic E-state index is -0.354. The van der Waals surface area contributed by atoms with Crippen LogP contribution in [0.1, 0.15) is 21.7 Å². The van der Waals surface area contributed by atoms with Crippen molar-refractivity contribution in [3.63, 3.8) is 0 Å². The number of hydrogen-bond donors (Lipinski definition) is 1. The number of anilines is 1. The van der Waals surface area contributed by atoms with Crippen molar-refractivity contribution in [2.75, 3.05) is 12.3 Å². The van der Waals surface area contributed by atoms with Gasteiger partial charge in [-0.05, 0) is 35.9 Å². The van der Waals surface area contributed by atoms with Crippen molar-refractivity contribution in [1.82, 2.24) is 24.9 Å². The zero-order valence-corrected chi connectivity index (χ0v) is 13.3. The Balaban J connectivity index is 1.56. The number of carbonyl (C=O) groups excluding carboxylic acids is 1. The second-order valence-electron chi connectivity index (χ2n) is 5.84. The monoisotopic (exact) mass is 338 g/mol. The van der Waals surface area contributed by atoms with Crippen LogP contribution in [0.25, 0.3) is 5.69 Å². The lowest BCUT2D eigenvalue weighted by Gasteiger charge is -2.27. The number of nitrogen functional groups attached to an aromatic ring is 1. The molecular weight excluding hydrogens is 323 g/mol. The summed E-state index contributed by atoms with van der Waals surface area (Å²) in [6.07, 6.45) is 2.27. The number of nitrogens with two attached hydrogens (primary N) is 1. The van der Waals surface area contributed by atoms with Crippen molar-refractivity contribution in [2.24, 2.45) is 0 Å². The first-order chi connectivity index (χ1) is 12.1. The van der Waals surface area contributed by atoms with Gasteiger partial charge < -0.3 is 10.6 Å². The first kappa shape index (κ1) is 15.3. The number of rotatable bonds is 2. The fraction of sp³-hybridized carbons (Fsp3) is 0.176. The summed E-state index contributed by atoms with van der Waals surface area (Å²) >= 11 is 0. The van der Waals surface area contributed by atoms with Crippen molar-refractivity contribution >= 4 is 11.7 Å². The van der Waals surface area contributed by atoms with Crippen molar-refractivity contribution < 1.29 is 9.18 Å². The highest BCUT2D eigenvalue weighted by atomic mass is 19.1. The molecule has 1 amide bonds. The Kier molecular flexibility index (Phi) is 3.64. The van der Waals surface area contributed by atoms with Gasteiger partial charge in [-0.25, -0.2) is 9.07 Å². The molecule has 1 aliphatic heterocycles. The molecule has 0 saturated heterocycles. The summed E-state index contributed by atoms with van der Waals surface area (Å²) in [6, 6.07) is 9.41. The summed E-state index contributed by atoms with van der Waals surface area (Å²) < 4.78 is 14.8. The van der Waals surface area contributed by atoms with Crippen LogP contribution in [0.5, 0.6) is 0 Å². The van der Waals surface area contributed by atoms with Gasteiger partial charge in [0.1, 0.15) is 11.6 Å². The Hall–Kier alpha value is -3.29. The lowest BCUT2D eigenvalue weighted by Crippen LogP contribution is -2.36. The van der Waals surface area contributed by atoms with E-state index in [9.17, 15) is 9.18 Å². The number of amides is 1. The minimum absolute atomic E-state index is 0.184. The average molecular weight is 338 g/mol. The molecule has 1 aromatic carbocycles. The average Bonchev–Trinajstić information content (AvgIpc) is 3.10. The molecule has 1 aliphatic rings. The molecule has 0 fully saturated rings. The van der Waals surface area contributed by atoms with Gasteiger partial charge in [-0.1, -0.05) is 6.07 Å². The predicted octanol–water partition coefficient (Wildman–Crippen LogP) is 1.58. The molecule has 3 heterocycles. The third-order valence-electron chi connectivity index (χ3n) is 4.13. The van der Waals surface area contributed by atoms with E-state index in [4.69, 9.17) is 5.73 Å². The zero-order valence-electron chi connectivity index (χ0n) is 13.3. The van der Waals surface area contributed by atoms with Gasteiger partial charge in [0.05, 0.1) is 11.4 Å². The normalized spacial score (nSPS) is 13.6. The molecule has 7 nitrogen and oxygen atoms in total. The van der Waals surface area contributed by atoms with Gasteiger partial charge in [-0.3, -0.25) is 4.79 Å². The number of halogens is 1. The highest BCUT2D eigenvalue weighted by Gasteiger charge is 2.24. The molecule has 8 heteroatoms. The summed E-state index contributed by atoms with van der Waals surface area (Å²) in [6.45, 7) is 0.956. The molecule has 4 rings (SSSR count). The van der Waals surface area contributed by atoms with Crippen molar-refractivity contribution in [3.8, 4) is 5.69 Å². The number of hydrogen-bond acceptors (Lipinski definition) is 5. The van der Waals surface area contributed by atoms with E-state index in [0.717, 1.165) is 11.3 Å². The van der Waals surface area contributed by atoms with Gasteiger partial charge in [-0.15, -0.1) is 5.10 Å². The predicted molar refractivity (Wildman–Crippen MR) is 88.4 cm³/mol. The quantitative estimate of drug-likeness (QED) is 0.766. The first-order valence-corrected chi connectivity index (χ1v) is 7.82. The van der Waals surface area contributed by atoms with E-state index in [-0.39, 0.29) is 11.7 Å². The van der Waals surface area contributed by atoms with Crippen LogP contribution >= 0.6 is 0 Å². The molecule has 2 aromatic heterocycles. The number of fused-ring (bicyclic) bond motifs is 1. The first-order valence-electron chi connectivity index (χ1n) is 7.82. The molecule has 3 aromatic rings. The van der Waals surface area contributed by atoms with E-state index in [1.807, 2.05) is 0 Å². The van der Waals surface area contributed by atoms with Crippen molar-refractivity contribution in [3.05, 3.63) is 65.4 Å². The van der Waals surface area contributed by atoms with E-state index in [1.165, 1.54) is 16.8 Å². The molecule has 2 N–H and O–H groups in total. The van der Waals surface area contributed by atoms with Gasteiger partial charge in [-0.2, -0.15) is 10.2 Å². The summed E-state index contributed by atoms with van der Waals surface area (Å²) in [5.41, 5.74) is 8.30. The topological polar surface area (TPSA) is 89.9 Å². The maximum atomic E-state index is 13.3. The molecule has 0 saturated carbocycles. The van der Waals surface area contributed by atoms with E-state index in [2.05, 4.69) is 15.3 Å². The second kappa shape index (κ2) is 5.97. The van der Waals surface area contributed by atoms with Crippen LogP contribution in [0.2, 0.25) is 0 Å². The van der Waals surface area contributed by atoms with Crippen LogP contribution in [0.4, 0.5) is 10.2 Å². The third-order valence-corrected chi connectivity index (χ3v) is 4.13. The van der Waals surface area contributed by atoms with E-state index >= 15 is 0 Å². The Morgan fingerprint density at radius 2 is 2.08 bits per heavy atom. The summed E-state index contributed by atoms with van der Waals surface area (Å²) in [4.78, 5) is 14.4. The summed E-state index contributed by atoms with van der Waals surface area (Å²) in [5.74, 6) is -0.202. The van der Waals surface area contributed by atoms with Crippen LogP contribution in [0, 0.1) is 5.82 Å². The maximum Gasteiger partial charge on any atom is 0.274 e. The largest absolute Gasteiger partial charge is 0.382 e. The van der Waals surface area contributed by atoms with Gasteiger partial charge in [0.25, 0.3) is 5.91 Å². The van der Waals surface area contributed by atoms with E-state index in [1.54, 1.807) is 35.4 Å². The zero-order chi connectivity index (χ0) is 17.4. The molecule has 0 aliphatic carbocycles.